The molecule has 1 amide bonds. The minimum Gasteiger partial charge on any atom is -0.356 e. The molecule has 1 N–H and O–H groups in total. The molecule has 0 bridgehead atoms. The van der Waals surface area contributed by atoms with Crippen molar-refractivity contribution in [2.24, 2.45) is 5.16 Å². The van der Waals surface area contributed by atoms with Crippen LogP contribution in [0.4, 0.5) is 11.4 Å². The van der Waals surface area contributed by atoms with Crippen molar-refractivity contribution in [1.82, 2.24) is 0 Å². The Hall–Kier alpha value is -3.73. The van der Waals surface area contributed by atoms with Gasteiger partial charge in [0.2, 0.25) is 5.91 Å². The number of rotatable bonds is 6. The molecule has 0 radical (unpaired) electrons. The monoisotopic (exact) mass is 352 g/mol. The number of anilines is 1. The predicted molar refractivity (Wildman–Crippen MR) is 96.0 cm³/mol. The van der Waals surface area contributed by atoms with E-state index in [2.05, 4.69) is 10.5 Å². The molecule has 0 spiro atoms. The summed E-state index contributed by atoms with van der Waals surface area (Å²) in [5, 5.41) is 26.0. The molecule has 0 aliphatic rings. The number of benzene rings is 2. The van der Waals surface area contributed by atoms with Gasteiger partial charge in [-0.3, -0.25) is 14.9 Å². The average Bonchev–Trinajstić information content (AvgIpc) is 2.60. The molecule has 2 aromatic rings. The second-order valence-electron chi connectivity index (χ2n) is 5.49. The van der Waals surface area contributed by atoms with Crippen LogP contribution in [0.5, 0.6) is 5.75 Å². The Labute approximate surface area is 149 Å². The first kappa shape index (κ1) is 18.6. The summed E-state index contributed by atoms with van der Waals surface area (Å²) in [6.07, 6.45) is -0.358. The van der Waals surface area contributed by atoms with Crippen molar-refractivity contribution in [3.05, 3.63) is 63.7 Å². The number of carbonyl (C=O) groups excluding carboxylic acids is 1. The molecule has 0 fully saturated rings. The maximum absolute atomic E-state index is 11.5. The summed E-state index contributed by atoms with van der Waals surface area (Å²) in [6, 6.07) is 13.1. The normalized spacial score (nSPS) is 10.7. The van der Waals surface area contributed by atoms with Gasteiger partial charge in [-0.2, -0.15) is 5.26 Å². The highest BCUT2D eigenvalue weighted by Gasteiger charge is 2.13. The molecule has 2 rings (SSSR count). The van der Waals surface area contributed by atoms with E-state index in [-0.39, 0.29) is 23.5 Å². The highest BCUT2D eigenvalue weighted by Crippen LogP contribution is 2.26. The third kappa shape index (κ3) is 5.14. The summed E-state index contributed by atoms with van der Waals surface area (Å²) in [4.78, 5) is 27.3. The Bertz CT molecular complexity index is 898. The van der Waals surface area contributed by atoms with Crippen LogP contribution >= 0.6 is 0 Å². The van der Waals surface area contributed by atoms with Crippen LogP contribution in [0, 0.1) is 28.4 Å². The second-order valence-corrected chi connectivity index (χ2v) is 5.49. The third-order valence-electron chi connectivity index (χ3n) is 3.38. The fourth-order valence-electron chi connectivity index (χ4n) is 2.06. The Morgan fingerprint density at radius 1 is 1.31 bits per heavy atom. The lowest BCUT2D eigenvalue weighted by molar-refractivity contribution is -0.384. The summed E-state index contributed by atoms with van der Waals surface area (Å²) in [7, 11) is 0. The van der Waals surface area contributed by atoms with Gasteiger partial charge in [-0.1, -0.05) is 35.0 Å². The largest absolute Gasteiger partial charge is 0.356 e. The third-order valence-corrected chi connectivity index (χ3v) is 3.38. The maximum Gasteiger partial charge on any atom is 0.275 e. The van der Waals surface area contributed by atoms with Gasteiger partial charge in [0.25, 0.3) is 5.69 Å². The minimum atomic E-state index is -0.608. The van der Waals surface area contributed by atoms with E-state index >= 15 is 0 Å². The number of hydrogen-bond acceptors (Lipinski definition) is 6. The van der Waals surface area contributed by atoms with Gasteiger partial charge in [0.1, 0.15) is 6.42 Å². The quantitative estimate of drug-likeness (QED) is 0.484. The molecule has 0 saturated heterocycles. The average molecular weight is 352 g/mol. The smallest absolute Gasteiger partial charge is 0.275 e. The van der Waals surface area contributed by atoms with Crippen molar-refractivity contribution in [2.75, 3.05) is 5.32 Å². The molecule has 0 aliphatic heterocycles. The van der Waals surface area contributed by atoms with Crippen LogP contribution in [0.3, 0.4) is 0 Å². The molecule has 26 heavy (non-hydrogen) atoms. The van der Waals surface area contributed by atoms with Crippen molar-refractivity contribution >= 4 is 23.0 Å². The van der Waals surface area contributed by atoms with Gasteiger partial charge >= 0.3 is 0 Å². The number of nitro groups is 1. The number of aryl methyl sites for hydroxylation is 1. The van der Waals surface area contributed by atoms with E-state index in [1.54, 1.807) is 13.0 Å². The highest BCUT2D eigenvalue weighted by molar-refractivity contribution is 5.98. The van der Waals surface area contributed by atoms with Crippen LogP contribution in [-0.4, -0.2) is 16.5 Å². The zero-order chi connectivity index (χ0) is 19.1. The molecule has 0 atom stereocenters. The molecular formula is C18H16N4O4. The second kappa shape index (κ2) is 8.39. The minimum absolute atomic E-state index is 0.0953. The predicted octanol–water partition coefficient (Wildman–Crippen LogP) is 3.56. The van der Waals surface area contributed by atoms with E-state index in [0.29, 0.717) is 5.71 Å². The molecule has 0 aromatic heterocycles. The maximum atomic E-state index is 11.5. The van der Waals surface area contributed by atoms with E-state index in [1.165, 1.54) is 18.2 Å². The van der Waals surface area contributed by atoms with Crippen LogP contribution in [0.1, 0.15) is 24.5 Å². The van der Waals surface area contributed by atoms with Gasteiger partial charge in [-0.05, 0) is 19.4 Å². The Kier molecular flexibility index (Phi) is 6.01. The number of non-ortho nitro benzene ring substituents is 1. The number of carbonyl (C=O) groups is 1. The molecule has 132 valence electrons. The zero-order valence-corrected chi connectivity index (χ0v) is 14.2. The van der Waals surface area contributed by atoms with E-state index in [4.69, 9.17) is 10.1 Å². The van der Waals surface area contributed by atoms with Crippen LogP contribution in [0.2, 0.25) is 0 Å². The van der Waals surface area contributed by atoms with Crippen molar-refractivity contribution in [3.63, 3.8) is 0 Å². The van der Waals surface area contributed by atoms with Crippen LogP contribution in [0.15, 0.2) is 47.6 Å². The lowest BCUT2D eigenvalue weighted by atomic mass is 10.1. The van der Waals surface area contributed by atoms with E-state index in [0.717, 1.165) is 11.1 Å². The molecule has 0 unspecified atom stereocenters. The zero-order valence-electron chi connectivity index (χ0n) is 14.2. The van der Waals surface area contributed by atoms with Gasteiger partial charge in [0.05, 0.1) is 28.5 Å². The lowest BCUT2D eigenvalue weighted by Gasteiger charge is -2.06. The molecule has 0 saturated carbocycles. The Morgan fingerprint density at radius 3 is 2.62 bits per heavy atom. The van der Waals surface area contributed by atoms with Gasteiger partial charge in [-0.15, -0.1) is 0 Å². The molecule has 8 nitrogen and oxygen atoms in total. The summed E-state index contributed by atoms with van der Waals surface area (Å²) < 4.78 is 0. The summed E-state index contributed by atoms with van der Waals surface area (Å²) in [5.74, 6) is -0.476. The highest BCUT2D eigenvalue weighted by atomic mass is 16.6. The van der Waals surface area contributed by atoms with Gasteiger partial charge in [0.15, 0.2) is 5.75 Å². The first-order chi connectivity index (χ1) is 12.4. The fourth-order valence-corrected chi connectivity index (χ4v) is 2.06. The first-order valence-electron chi connectivity index (χ1n) is 7.64. The van der Waals surface area contributed by atoms with Crippen molar-refractivity contribution in [3.8, 4) is 11.8 Å². The van der Waals surface area contributed by atoms with Crippen LogP contribution in [0.25, 0.3) is 0 Å². The number of oxime groups is 1. The van der Waals surface area contributed by atoms with E-state index in [9.17, 15) is 14.9 Å². The summed E-state index contributed by atoms with van der Waals surface area (Å²) in [5.41, 5.74) is 2.43. The summed E-state index contributed by atoms with van der Waals surface area (Å²) in [6.45, 7) is 3.72. The van der Waals surface area contributed by atoms with Crippen LogP contribution < -0.4 is 10.2 Å². The number of nitrogens with zero attached hydrogens (tertiary/aromatic N) is 3. The molecule has 0 aliphatic carbocycles. The number of nitriles is 1. The Morgan fingerprint density at radius 2 is 2.00 bits per heavy atom. The van der Waals surface area contributed by atoms with Gasteiger partial charge in [0, 0.05) is 12.1 Å². The van der Waals surface area contributed by atoms with Crippen molar-refractivity contribution < 1.29 is 14.6 Å². The van der Waals surface area contributed by atoms with Gasteiger partial charge in [-0.25, -0.2) is 0 Å². The van der Waals surface area contributed by atoms with Gasteiger partial charge < -0.3 is 10.2 Å². The number of hydrogen-bond donors (Lipinski definition) is 1. The lowest BCUT2D eigenvalue weighted by Crippen LogP contribution is -2.10. The molecule has 8 heteroatoms. The Balaban J connectivity index is 2.24. The van der Waals surface area contributed by atoms with Crippen LogP contribution in [-0.2, 0) is 4.79 Å². The fraction of sp³-hybridized carbons (Fsp3) is 0.167. The van der Waals surface area contributed by atoms with Crippen molar-refractivity contribution in [2.45, 2.75) is 20.3 Å². The van der Waals surface area contributed by atoms with E-state index < -0.39 is 10.8 Å². The summed E-state index contributed by atoms with van der Waals surface area (Å²) >= 11 is 0. The molecular weight excluding hydrogens is 336 g/mol. The molecule has 2 aromatic carbocycles. The first-order valence-corrected chi connectivity index (χ1v) is 7.64. The molecule has 0 heterocycles. The number of nitro benzene ring substituents is 1. The van der Waals surface area contributed by atoms with Crippen molar-refractivity contribution in [1.29, 1.82) is 5.26 Å². The topological polar surface area (TPSA) is 118 Å². The van der Waals surface area contributed by atoms with E-state index in [1.807, 2.05) is 31.2 Å². The number of nitrogens with one attached hydrogen (secondary N) is 1. The SMILES string of the molecule is CC(=NOc1cc(NC(=O)CC#N)cc([N+](=O)[O-])c1)c1ccc(C)cc1. The standard InChI is InChI=1S/C18H16N4O4/c1-12-3-5-14(6-4-12)13(2)21-26-17-10-15(20-18(23)7-8-19)9-16(11-17)22(24)25/h3-6,9-11H,7H2,1-2H3,(H,20,23). The number of amides is 1.